The standard InChI is InChI=1S/C15H8Br2N2/c16-10-6-5-9-7-8-19-12-4-2-1-3-11(12)18-15(19)13(9)14(10)17/h1-8H. The van der Waals surface area contributed by atoms with E-state index >= 15 is 0 Å². The van der Waals surface area contributed by atoms with Gasteiger partial charge >= 0.3 is 0 Å². The van der Waals surface area contributed by atoms with Gasteiger partial charge in [0.15, 0.2) is 0 Å². The number of nitrogens with zero attached hydrogens (tertiary/aromatic N) is 2. The van der Waals surface area contributed by atoms with Gasteiger partial charge in [-0.15, -0.1) is 0 Å². The third-order valence-electron chi connectivity index (χ3n) is 3.35. The summed E-state index contributed by atoms with van der Waals surface area (Å²) in [5.74, 6) is 0. The first kappa shape index (κ1) is 11.4. The number of hydrogen-bond donors (Lipinski definition) is 0. The lowest BCUT2D eigenvalue weighted by atomic mass is 10.2. The number of rotatable bonds is 0. The third-order valence-corrected chi connectivity index (χ3v) is 5.37. The van der Waals surface area contributed by atoms with E-state index in [1.54, 1.807) is 0 Å². The molecule has 4 aromatic rings. The molecule has 0 aliphatic heterocycles. The van der Waals surface area contributed by atoms with Crippen LogP contribution in [0.2, 0.25) is 0 Å². The van der Waals surface area contributed by atoms with E-state index in [0.717, 1.165) is 31.0 Å². The Morgan fingerprint density at radius 1 is 0.947 bits per heavy atom. The monoisotopic (exact) mass is 374 g/mol. The van der Waals surface area contributed by atoms with Crippen molar-refractivity contribution in [3.8, 4) is 0 Å². The summed E-state index contributed by atoms with van der Waals surface area (Å²) in [4.78, 5) is 4.76. The van der Waals surface area contributed by atoms with Crippen LogP contribution in [0, 0.1) is 0 Å². The van der Waals surface area contributed by atoms with Crippen LogP contribution in [0.4, 0.5) is 0 Å². The third kappa shape index (κ3) is 1.56. The molecule has 0 amide bonds. The van der Waals surface area contributed by atoms with Crippen molar-refractivity contribution in [2.24, 2.45) is 0 Å². The Labute approximate surface area is 126 Å². The lowest BCUT2D eigenvalue weighted by Crippen LogP contribution is -1.87. The summed E-state index contributed by atoms with van der Waals surface area (Å²) in [7, 11) is 0. The van der Waals surface area contributed by atoms with Gasteiger partial charge in [-0.1, -0.05) is 18.2 Å². The van der Waals surface area contributed by atoms with Gasteiger partial charge in [0.1, 0.15) is 5.65 Å². The maximum atomic E-state index is 4.76. The van der Waals surface area contributed by atoms with Crippen molar-refractivity contribution < 1.29 is 0 Å². The van der Waals surface area contributed by atoms with Gasteiger partial charge in [0.2, 0.25) is 0 Å². The molecule has 0 radical (unpaired) electrons. The molecule has 4 rings (SSSR count). The van der Waals surface area contributed by atoms with Crippen molar-refractivity contribution in [1.82, 2.24) is 9.38 Å². The number of aromatic nitrogens is 2. The molecule has 0 saturated carbocycles. The summed E-state index contributed by atoms with van der Waals surface area (Å²) in [6.07, 6.45) is 2.08. The van der Waals surface area contributed by atoms with E-state index in [1.165, 1.54) is 5.39 Å². The van der Waals surface area contributed by atoms with Crippen molar-refractivity contribution in [3.63, 3.8) is 0 Å². The molecule has 0 atom stereocenters. The molecule has 2 nitrogen and oxygen atoms in total. The van der Waals surface area contributed by atoms with Crippen LogP contribution >= 0.6 is 31.9 Å². The number of pyridine rings is 1. The number of benzene rings is 2. The Morgan fingerprint density at radius 2 is 1.79 bits per heavy atom. The van der Waals surface area contributed by atoms with Crippen molar-refractivity contribution in [2.45, 2.75) is 0 Å². The van der Waals surface area contributed by atoms with Gasteiger partial charge in [-0.2, -0.15) is 0 Å². The first-order valence-corrected chi connectivity index (χ1v) is 7.48. The van der Waals surface area contributed by atoms with Crippen LogP contribution in [-0.2, 0) is 0 Å². The van der Waals surface area contributed by atoms with Gasteiger partial charge in [0.25, 0.3) is 0 Å². The molecular formula is C15H8Br2N2. The van der Waals surface area contributed by atoms with Crippen LogP contribution < -0.4 is 0 Å². The Morgan fingerprint density at radius 3 is 2.68 bits per heavy atom. The highest BCUT2D eigenvalue weighted by Crippen LogP contribution is 2.34. The molecule has 2 aromatic carbocycles. The summed E-state index contributed by atoms with van der Waals surface area (Å²) in [5.41, 5.74) is 3.13. The maximum absolute atomic E-state index is 4.76. The van der Waals surface area contributed by atoms with Crippen molar-refractivity contribution >= 4 is 59.3 Å². The summed E-state index contributed by atoms with van der Waals surface area (Å²) in [6, 6.07) is 14.5. The fraction of sp³-hybridized carbons (Fsp3) is 0. The zero-order valence-corrected chi connectivity index (χ0v) is 12.9. The number of hydrogen-bond acceptors (Lipinski definition) is 1. The van der Waals surface area contributed by atoms with Crippen LogP contribution in [0.5, 0.6) is 0 Å². The van der Waals surface area contributed by atoms with Crippen molar-refractivity contribution in [3.05, 3.63) is 57.6 Å². The molecule has 0 saturated heterocycles. The highest BCUT2D eigenvalue weighted by atomic mass is 79.9. The van der Waals surface area contributed by atoms with E-state index in [-0.39, 0.29) is 0 Å². The van der Waals surface area contributed by atoms with E-state index in [1.807, 2.05) is 24.3 Å². The highest BCUT2D eigenvalue weighted by molar-refractivity contribution is 9.13. The zero-order valence-electron chi connectivity index (χ0n) is 9.77. The minimum Gasteiger partial charge on any atom is -0.299 e. The van der Waals surface area contributed by atoms with Crippen molar-refractivity contribution in [1.29, 1.82) is 0 Å². The Bertz CT molecular complexity index is 941. The molecular weight excluding hydrogens is 368 g/mol. The molecule has 0 fully saturated rings. The predicted molar refractivity (Wildman–Crippen MR) is 85.6 cm³/mol. The second-order valence-electron chi connectivity index (χ2n) is 4.44. The summed E-state index contributed by atoms with van der Waals surface area (Å²) >= 11 is 7.22. The molecule has 2 aromatic heterocycles. The molecule has 0 aliphatic rings. The molecule has 2 heterocycles. The normalized spacial score (nSPS) is 11.7. The summed E-state index contributed by atoms with van der Waals surface area (Å²) < 4.78 is 4.22. The van der Waals surface area contributed by atoms with E-state index in [2.05, 4.69) is 60.7 Å². The fourth-order valence-electron chi connectivity index (χ4n) is 2.46. The van der Waals surface area contributed by atoms with Gasteiger partial charge in [-0.3, -0.25) is 4.40 Å². The highest BCUT2D eigenvalue weighted by Gasteiger charge is 2.11. The lowest BCUT2D eigenvalue weighted by molar-refractivity contribution is 1.24. The fourth-order valence-corrected chi connectivity index (χ4v) is 3.33. The summed E-state index contributed by atoms with van der Waals surface area (Å²) in [5, 5.41) is 2.31. The maximum Gasteiger partial charge on any atom is 0.147 e. The van der Waals surface area contributed by atoms with Gasteiger partial charge < -0.3 is 0 Å². The zero-order chi connectivity index (χ0) is 13.0. The first-order chi connectivity index (χ1) is 9.25. The van der Waals surface area contributed by atoms with Crippen LogP contribution in [0.25, 0.3) is 27.5 Å². The first-order valence-electron chi connectivity index (χ1n) is 5.89. The molecule has 0 bridgehead atoms. The second kappa shape index (κ2) is 4.05. The number of fused-ring (bicyclic) bond motifs is 5. The van der Waals surface area contributed by atoms with Crippen LogP contribution in [0.15, 0.2) is 57.6 Å². The van der Waals surface area contributed by atoms with Gasteiger partial charge in [0, 0.05) is 20.5 Å². The van der Waals surface area contributed by atoms with E-state index in [4.69, 9.17) is 4.98 Å². The van der Waals surface area contributed by atoms with Crippen molar-refractivity contribution in [2.75, 3.05) is 0 Å². The predicted octanol–water partition coefficient (Wildman–Crippen LogP) is 5.17. The Hall–Kier alpha value is -1.39. The minimum atomic E-state index is 0.979. The minimum absolute atomic E-state index is 0.979. The SMILES string of the molecule is Brc1ccc2ccn3c4ccccc4nc3c2c1Br. The average molecular weight is 376 g/mol. The summed E-state index contributed by atoms with van der Waals surface area (Å²) in [6.45, 7) is 0. The molecule has 4 heteroatoms. The molecule has 0 spiro atoms. The lowest BCUT2D eigenvalue weighted by Gasteiger charge is -2.05. The van der Waals surface area contributed by atoms with Gasteiger partial charge in [-0.05, 0) is 61.5 Å². The largest absolute Gasteiger partial charge is 0.299 e. The Balaban J connectivity index is 2.34. The van der Waals surface area contributed by atoms with Crippen LogP contribution in [0.3, 0.4) is 0 Å². The molecule has 0 unspecified atom stereocenters. The smallest absolute Gasteiger partial charge is 0.147 e. The number of imidazole rings is 1. The molecule has 19 heavy (non-hydrogen) atoms. The van der Waals surface area contributed by atoms with Gasteiger partial charge in [0.05, 0.1) is 11.0 Å². The molecule has 0 aliphatic carbocycles. The number of para-hydroxylation sites is 2. The Kier molecular flexibility index (Phi) is 2.44. The van der Waals surface area contributed by atoms with Crippen LogP contribution in [-0.4, -0.2) is 9.38 Å². The molecule has 0 N–H and O–H groups in total. The van der Waals surface area contributed by atoms with E-state index < -0.39 is 0 Å². The quantitative estimate of drug-likeness (QED) is 0.414. The van der Waals surface area contributed by atoms with Crippen LogP contribution in [0.1, 0.15) is 0 Å². The average Bonchev–Trinajstić information content (AvgIpc) is 2.81. The van der Waals surface area contributed by atoms with E-state index in [9.17, 15) is 0 Å². The topological polar surface area (TPSA) is 17.3 Å². The van der Waals surface area contributed by atoms with Gasteiger partial charge in [-0.25, -0.2) is 4.98 Å². The van der Waals surface area contributed by atoms with E-state index in [0.29, 0.717) is 0 Å². The second-order valence-corrected chi connectivity index (χ2v) is 6.08. The molecule has 92 valence electrons. The number of halogens is 2.